The van der Waals surface area contributed by atoms with Crippen LogP contribution in [0.3, 0.4) is 0 Å². The highest BCUT2D eigenvalue weighted by molar-refractivity contribution is 5.73. The molecule has 0 heterocycles. The van der Waals surface area contributed by atoms with Crippen LogP contribution in [0, 0.1) is 5.92 Å². The number of hydrogen-bond acceptors (Lipinski definition) is 3. The van der Waals surface area contributed by atoms with E-state index >= 15 is 0 Å². The monoisotopic (exact) mass is 200 g/mol. The molecule has 1 unspecified atom stereocenters. The van der Waals surface area contributed by atoms with Gasteiger partial charge in [0.05, 0.1) is 0 Å². The number of nitrogens with zero attached hydrogens (tertiary/aromatic N) is 1. The Hall–Kier alpha value is -0.610. The summed E-state index contributed by atoms with van der Waals surface area (Å²) in [7, 11) is 0. The SMILES string of the molecule is CCN(CC1CC1)C(CCN)C(=O)O. The molecule has 1 fully saturated rings. The fourth-order valence-corrected chi connectivity index (χ4v) is 1.73. The quantitative estimate of drug-likeness (QED) is 0.629. The van der Waals surface area contributed by atoms with Crippen LogP contribution in [0.4, 0.5) is 0 Å². The molecule has 1 atom stereocenters. The van der Waals surface area contributed by atoms with E-state index in [2.05, 4.69) is 0 Å². The molecule has 1 aliphatic carbocycles. The number of hydrogen-bond donors (Lipinski definition) is 2. The first-order valence-electron chi connectivity index (χ1n) is 5.36. The van der Waals surface area contributed by atoms with Gasteiger partial charge < -0.3 is 10.8 Å². The van der Waals surface area contributed by atoms with Crippen LogP contribution in [0.5, 0.6) is 0 Å². The van der Waals surface area contributed by atoms with E-state index in [1.165, 1.54) is 12.8 Å². The summed E-state index contributed by atoms with van der Waals surface area (Å²) < 4.78 is 0. The summed E-state index contributed by atoms with van der Waals surface area (Å²) in [6.45, 7) is 4.17. The predicted octanol–water partition coefficient (Wildman–Crippen LogP) is 0.520. The van der Waals surface area contributed by atoms with Gasteiger partial charge in [0, 0.05) is 6.54 Å². The van der Waals surface area contributed by atoms with Crippen LogP contribution in [-0.4, -0.2) is 41.7 Å². The van der Waals surface area contributed by atoms with E-state index in [0.717, 1.165) is 19.0 Å². The van der Waals surface area contributed by atoms with E-state index in [9.17, 15) is 4.79 Å². The van der Waals surface area contributed by atoms with E-state index in [0.29, 0.717) is 13.0 Å². The fourth-order valence-electron chi connectivity index (χ4n) is 1.73. The summed E-state index contributed by atoms with van der Waals surface area (Å²) in [5.41, 5.74) is 5.42. The number of rotatable bonds is 7. The lowest BCUT2D eigenvalue weighted by molar-refractivity contribution is -0.143. The first-order valence-corrected chi connectivity index (χ1v) is 5.36. The maximum Gasteiger partial charge on any atom is 0.320 e. The normalized spacial score (nSPS) is 18.5. The minimum Gasteiger partial charge on any atom is -0.480 e. The van der Waals surface area contributed by atoms with Crippen molar-refractivity contribution in [2.75, 3.05) is 19.6 Å². The maximum atomic E-state index is 11.0. The van der Waals surface area contributed by atoms with Crippen molar-refractivity contribution in [3.8, 4) is 0 Å². The third-order valence-electron chi connectivity index (χ3n) is 2.76. The van der Waals surface area contributed by atoms with Gasteiger partial charge in [-0.1, -0.05) is 6.92 Å². The minimum absolute atomic E-state index is 0.384. The zero-order valence-electron chi connectivity index (χ0n) is 8.78. The molecular weight excluding hydrogens is 180 g/mol. The van der Waals surface area contributed by atoms with E-state index in [1.54, 1.807) is 0 Å². The number of aliphatic carboxylic acids is 1. The minimum atomic E-state index is -0.738. The van der Waals surface area contributed by atoms with Gasteiger partial charge >= 0.3 is 5.97 Å². The summed E-state index contributed by atoms with van der Waals surface area (Å²) in [5, 5.41) is 9.04. The molecule has 1 rings (SSSR count). The molecule has 0 saturated heterocycles. The van der Waals surface area contributed by atoms with Gasteiger partial charge in [0.1, 0.15) is 6.04 Å². The van der Waals surface area contributed by atoms with E-state index in [-0.39, 0.29) is 6.04 Å². The average Bonchev–Trinajstić information content (AvgIpc) is 2.94. The van der Waals surface area contributed by atoms with E-state index in [4.69, 9.17) is 10.8 Å². The molecule has 0 aromatic heterocycles. The van der Waals surface area contributed by atoms with Gasteiger partial charge in [-0.15, -0.1) is 0 Å². The van der Waals surface area contributed by atoms with Crippen molar-refractivity contribution in [1.82, 2.24) is 4.90 Å². The topological polar surface area (TPSA) is 66.6 Å². The van der Waals surface area contributed by atoms with Crippen LogP contribution in [0.1, 0.15) is 26.2 Å². The van der Waals surface area contributed by atoms with Crippen LogP contribution in [-0.2, 0) is 4.79 Å². The van der Waals surface area contributed by atoms with Crippen molar-refractivity contribution in [2.45, 2.75) is 32.2 Å². The number of carbonyl (C=O) groups is 1. The highest BCUT2D eigenvalue weighted by Gasteiger charge is 2.30. The van der Waals surface area contributed by atoms with Gasteiger partial charge in [-0.25, -0.2) is 0 Å². The van der Waals surface area contributed by atoms with Gasteiger partial charge in [0.25, 0.3) is 0 Å². The molecule has 0 bridgehead atoms. The lowest BCUT2D eigenvalue weighted by Crippen LogP contribution is -2.43. The Labute approximate surface area is 85.1 Å². The molecule has 0 amide bonds. The van der Waals surface area contributed by atoms with Crippen molar-refractivity contribution >= 4 is 5.97 Å². The molecule has 14 heavy (non-hydrogen) atoms. The summed E-state index contributed by atoms with van der Waals surface area (Å²) in [5.74, 6) is -0.00692. The molecule has 3 N–H and O–H groups in total. The van der Waals surface area contributed by atoms with Gasteiger partial charge in [0.2, 0.25) is 0 Å². The number of nitrogens with two attached hydrogens (primary N) is 1. The second-order valence-electron chi connectivity index (χ2n) is 3.96. The average molecular weight is 200 g/mol. The van der Waals surface area contributed by atoms with Crippen LogP contribution < -0.4 is 5.73 Å². The molecule has 0 aromatic rings. The molecule has 4 nitrogen and oxygen atoms in total. The Morgan fingerprint density at radius 2 is 2.29 bits per heavy atom. The highest BCUT2D eigenvalue weighted by Crippen LogP contribution is 2.30. The van der Waals surface area contributed by atoms with E-state index < -0.39 is 5.97 Å². The Morgan fingerprint density at radius 3 is 2.64 bits per heavy atom. The third kappa shape index (κ3) is 3.27. The fraction of sp³-hybridized carbons (Fsp3) is 0.900. The zero-order valence-corrected chi connectivity index (χ0v) is 8.78. The molecule has 0 radical (unpaired) electrons. The summed E-state index contributed by atoms with van der Waals surface area (Å²) in [6.07, 6.45) is 3.06. The molecular formula is C10H20N2O2. The molecule has 82 valence electrons. The Balaban J connectivity index is 2.46. The zero-order chi connectivity index (χ0) is 10.6. The third-order valence-corrected chi connectivity index (χ3v) is 2.76. The lowest BCUT2D eigenvalue weighted by atomic mass is 10.1. The molecule has 0 spiro atoms. The lowest BCUT2D eigenvalue weighted by Gasteiger charge is -2.27. The summed E-state index contributed by atoms with van der Waals surface area (Å²) in [4.78, 5) is 13.0. The molecule has 1 saturated carbocycles. The van der Waals surface area contributed by atoms with Gasteiger partial charge in [-0.2, -0.15) is 0 Å². The number of carboxylic acid groups (broad SMARTS) is 1. The molecule has 0 aliphatic heterocycles. The summed E-state index contributed by atoms with van der Waals surface area (Å²) in [6, 6.07) is -0.384. The first-order chi connectivity index (χ1) is 6.69. The Bertz CT molecular complexity index is 193. The van der Waals surface area contributed by atoms with Crippen LogP contribution >= 0.6 is 0 Å². The molecule has 0 aromatic carbocycles. The van der Waals surface area contributed by atoms with E-state index in [1.807, 2.05) is 11.8 Å². The van der Waals surface area contributed by atoms with Crippen molar-refractivity contribution in [1.29, 1.82) is 0 Å². The second kappa shape index (κ2) is 5.32. The first kappa shape index (κ1) is 11.5. The van der Waals surface area contributed by atoms with Gasteiger partial charge in [0.15, 0.2) is 0 Å². The van der Waals surface area contributed by atoms with Crippen LogP contribution in [0.15, 0.2) is 0 Å². The van der Waals surface area contributed by atoms with Crippen molar-refractivity contribution < 1.29 is 9.90 Å². The van der Waals surface area contributed by atoms with Crippen molar-refractivity contribution in [3.05, 3.63) is 0 Å². The van der Waals surface area contributed by atoms with Crippen molar-refractivity contribution in [2.24, 2.45) is 11.7 Å². The largest absolute Gasteiger partial charge is 0.480 e. The molecule has 1 aliphatic rings. The smallest absolute Gasteiger partial charge is 0.320 e. The number of carboxylic acids is 1. The van der Waals surface area contributed by atoms with Crippen molar-refractivity contribution in [3.63, 3.8) is 0 Å². The maximum absolute atomic E-state index is 11.0. The predicted molar refractivity (Wildman–Crippen MR) is 55.1 cm³/mol. The Morgan fingerprint density at radius 1 is 1.64 bits per heavy atom. The number of likely N-dealkylation sites (N-methyl/N-ethyl adjacent to an activating group) is 1. The summed E-state index contributed by atoms with van der Waals surface area (Å²) >= 11 is 0. The van der Waals surface area contributed by atoms with Gasteiger partial charge in [-0.3, -0.25) is 9.69 Å². The standard InChI is InChI=1S/C10H20N2O2/c1-2-12(7-8-3-4-8)9(5-6-11)10(13)14/h8-9H,2-7,11H2,1H3,(H,13,14). The van der Waals surface area contributed by atoms with Gasteiger partial charge in [-0.05, 0) is 38.3 Å². The Kier molecular flexibility index (Phi) is 4.35. The highest BCUT2D eigenvalue weighted by atomic mass is 16.4. The van der Waals surface area contributed by atoms with Crippen LogP contribution in [0.2, 0.25) is 0 Å². The van der Waals surface area contributed by atoms with Crippen LogP contribution in [0.25, 0.3) is 0 Å². The second-order valence-corrected chi connectivity index (χ2v) is 3.96. The molecule has 4 heteroatoms.